The fourth-order valence-electron chi connectivity index (χ4n) is 3.70. The number of nitrogens with zero attached hydrogens (tertiary/aromatic N) is 6. The van der Waals surface area contributed by atoms with Gasteiger partial charge in [0.25, 0.3) is 0 Å². The normalized spacial score (nSPS) is 18.3. The molecule has 0 aliphatic carbocycles. The lowest BCUT2D eigenvalue weighted by Crippen LogP contribution is -2.37. The highest BCUT2D eigenvalue weighted by molar-refractivity contribution is 6.29. The van der Waals surface area contributed by atoms with Gasteiger partial charge in [0.1, 0.15) is 28.5 Å². The Kier molecular flexibility index (Phi) is 3.34. The van der Waals surface area contributed by atoms with Crippen LogP contribution in [0, 0.1) is 0 Å². The molecule has 0 bridgehead atoms. The first-order valence-corrected chi connectivity index (χ1v) is 8.68. The van der Waals surface area contributed by atoms with Crippen molar-refractivity contribution in [3.05, 3.63) is 42.3 Å². The van der Waals surface area contributed by atoms with Gasteiger partial charge in [0.05, 0.1) is 24.1 Å². The van der Waals surface area contributed by atoms with Gasteiger partial charge in [-0.2, -0.15) is 0 Å². The summed E-state index contributed by atoms with van der Waals surface area (Å²) in [6.45, 7) is 1.84. The van der Waals surface area contributed by atoms with Crippen LogP contribution >= 0.6 is 11.6 Å². The lowest BCUT2D eigenvalue weighted by molar-refractivity contribution is 0.411. The molecule has 1 N–H and O–H groups in total. The molecule has 4 aromatic heterocycles. The third-order valence-corrected chi connectivity index (χ3v) is 5.06. The van der Waals surface area contributed by atoms with Crippen molar-refractivity contribution in [2.75, 3.05) is 18.0 Å². The smallest absolute Gasteiger partial charge is 0.139 e. The zero-order valence-corrected chi connectivity index (χ0v) is 14.2. The van der Waals surface area contributed by atoms with E-state index in [9.17, 15) is 0 Å². The summed E-state index contributed by atoms with van der Waals surface area (Å²) in [5.41, 5.74) is 2.96. The summed E-state index contributed by atoms with van der Waals surface area (Å²) in [4.78, 5) is 22.8. The van der Waals surface area contributed by atoms with Gasteiger partial charge in [0.2, 0.25) is 0 Å². The van der Waals surface area contributed by atoms with Gasteiger partial charge in [0, 0.05) is 30.7 Å². The fraction of sp³-hybridized carbons (Fsp3) is 0.294. The van der Waals surface area contributed by atoms with E-state index in [1.54, 1.807) is 0 Å². The van der Waals surface area contributed by atoms with Gasteiger partial charge in [0.15, 0.2) is 0 Å². The molecule has 0 radical (unpaired) electrons. The predicted molar refractivity (Wildman–Crippen MR) is 96.9 cm³/mol. The summed E-state index contributed by atoms with van der Waals surface area (Å²) in [6.07, 6.45) is 9.39. The highest BCUT2D eigenvalue weighted by Gasteiger charge is 2.24. The topological polar surface area (TPSA) is 75.5 Å². The molecule has 1 unspecified atom stereocenters. The maximum Gasteiger partial charge on any atom is 0.139 e. The third kappa shape index (κ3) is 2.42. The minimum absolute atomic E-state index is 0.327. The number of anilines is 1. The molecule has 1 aliphatic rings. The molecule has 0 saturated carbocycles. The van der Waals surface area contributed by atoms with Gasteiger partial charge in [-0.3, -0.25) is 0 Å². The van der Waals surface area contributed by atoms with Gasteiger partial charge in [-0.15, -0.1) is 0 Å². The van der Waals surface area contributed by atoms with Crippen LogP contribution in [0.2, 0.25) is 5.15 Å². The monoisotopic (exact) mass is 353 g/mol. The number of nitrogens with one attached hydrogen (secondary N) is 1. The number of hydrogen-bond donors (Lipinski definition) is 1. The van der Waals surface area contributed by atoms with E-state index in [-0.39, 0.29) is 0 Å². The Morgan fingerprint density at radius 1 is 1.20 bits per heavy atom. The second-order valence-corrected chi connectivity index (χ2v) is 6.71. The van der Waals surface area contributed by atoms with Gasteiger partial charge < -0.3 is 14.5 Å². The first-order chi connectivity index (χ1) is 12.3. The first kappa shape index (κ1) is 14.7. The summed E-state index contributed by atoms with van der Waals surface area (Å²) < 4.78 is 2.28. The molecule has 5 heterocycles. The molecule has 126 valence electrons. The second-order valence-electron chi connectivity index (χ2n) is 6.32. The Hall–Kier alpha value is -2.67. The Morgan fingerprint density at radius 2 is 2.16 bits per heavy atom. The largest absolute Gasteiger partial charge is 0.354 e. The summed E-state index contributed by atoms with van der Waals surface area (Å²) in [5.74, 6) is 0.877. The van der Waals surface area contributed by atoms with Crippen molar-refractivity contribution >= 4 is 39.5 Å². The first-order valence-electron chi connectivity index (χ1n) is 8.31. The summed E-state index contributed by atoms with van der Waals surface area (Å²) in [7, 11) is 0. The van der Waals surface area contributed by atoms with Gasteiger partial charge >= 0.3 is 0 Å². The van der Waals surface area contributed by atoms with Crippen LogP contribution in [-0.2, 0) is 0 Å². The van der Waals surface area contributed by atoms with Crippen molar-refractivity contribution in [1.82, 2.24) is 29.5 Å². The predicted octanol–water partition coefficient (Wildman–Crippen LogP) is 3.20. The SMILES string of the molecule is Clc1cc(N2CCCC(n3cnc4cnc5[nH]ccc5c43)C2)ncn1. The van der Waals surface area contributed by atoms with Crippen LogP contribution in [-0.4, -0.2) is 42.6 Å². The molecule has 0 spiro atoms. The van der Waals surface area contributed by atoms with Crippen LogP contribution in [0.15, 0.2) is 37.2 Å². The van der Waals surface area contributed by atoms with Crippen LogP contribution in [0.3, 0.4) is 0 Å². The molecule has 1 aliphatic heterocycles. The van der Waals surface area contributed by atoms with Crippen LogP contribution in [0.5, 0.6) is 0 Å². The van der Waals surface area contributed by atoms with E-state index in [0.717, 1.165) is 53.8 Å². The molecule has 1 fully saturated rings. The molecule has 4 aromatic rings. The molecule has 1 saturated heterocycles. The number of imidazole rings is 1. The maximum atomic E-state index is 6.03. The quantitative estimate of drug-likeness (QED) is 0.560. The molecule has 5 rings (SSSR count). The van der Waals surface area contributed by atoms with Crippen molar-refractivity contribution in [2.24, 2.45) is 0 Å². The zero-order valence-electron chi connectivity index (χ0n) is 13.4. The molecule has 25 heavy (non-hydrogen) atoms. The van der Waals surface area contributed by atoms with Crippen molar-refractivity contribution in [1.29, 1.82) is 0 Å². The van der Waals surface area contributed by atoms with Crippen LogP contribution in [0.25, 0.3) is 22.1 Å². The molecule has 1 atom stereocenters. The van der Waals surface area contributed by atoms with Crippen LogP contribution in [0.4, 0.5) is 5.82 Å². The second kappa shape index (κ2) is 5.70. The number of H-pyrrole nitrogens is 1. The number of halogens is 1. The number of rotatable bonds is 2. The van der Waals surface area contributed by atoms with E-state index in [2.05, 4.69) is 40.5 Å². The number of piperidine rings is 1. The van der Waals surface area contributed by atoms with Gasteiger partial charge in [-0.1, -0.05) is 11.6 Å². The number of aromatic amines is 1. The zero-order chi connectivity index (χ0) is 16.8. The highest BCUT2D eigenvalue weighted by Crippen LogP contribution is 2.30. The van der Waals surface area contributed by atoms with Crippen LogP contribution < -0.4 is 4.90 Å². The summed E-state index contributed by atoms with van der Waals surface area (Å²) in [5, 5.41) is 1.58. The van der Waals surface area contributed by atoms with Crippen molar-refractivity contribution in [3.63, 3.8) is 0 Å². The Bertz CT molecular complexity index is 1050. The summed E-state index contributed by atoms with van der Waals surface area (Å²) >= 11 is 6.03. The number of pyridine rings is 1. The molecule has 0 aromatic carbocycles. The fourth-order valence-corrected chi connectivity index (χ4v) is 3.84. The molecule has 0 amide bonds. The van der Waals surface area contributed by atoms with Crippen molar-refractivity contribution in [2.45, 2.75) is 18.9 Å². The highest BCUT2D eigenvalue weighted by atomic mass is 35.5. The number of fused-ring (bicyclic) bond motifs is 3. The molecule has 7 nitrogen and oxygen atoms in total. The molecular formula is C17H16ClN7. The minimum Gasteiger partial charge on any atom is -0.354 e. The van der Waals surface area contributed by atoms with E-state index in [4.69, 9.17) is 11.6 Å². The van der Waals surface area contributed by atoms with E-state index in [1.807, 2.05) is 24.8 Å². The molecule has 8 heteroatoms. The Balaban J connectivity index is 1.55. The van der Waals surface area contributed by atoms with Crippen molar-refractivity contribution < 1.29 is 0 Å². The Morgan fingerprint density at radius 3 is 3.08 bits per heavy atom. The average Bonchev–Trinajstić information content (AvgIpc) is 3.28. The standard InChI is InChI=1S/C17H16ClN7/c18-14-6-15(22-9-21-14)24-5-1-2-11(8-24)25-10-23-13-7-20-17-12(16(13)25)3-4-19-17/h3-4,6-7,9-11H,1-2,5,8H2,(H,19,20). The lowest BCUT2D eigenvalue weighted by Gasteiger charge is -2.34. The van der Waals surface area contributed by atoms with Crippen LogP contribution in [0.1, 0.15) is 18.9 Å². The minimum atomic E-state index is 0.327. The van der Waals surface area contributed by atoms with Gasteiger partial charge in [-0.25, -0.2) is 19.9 Å². The number of aromatic nitrogens is 6. The lowest BCUT2D eigenvalue weighted by atomic mass is 10.1. The van der Waals surface area contributed by atoms with E-state index in [0.29, 0.717) is 11.2 Å². The maximum absolute atomic E-state index is 6.03. The van der Waals surface area contributed by atoms with E-state index >= 15 is 0 Å². The van der Waals surface area contributed by atoms with Gasteiger partial charge in [-0.05, 0) is 18.9 Å². The number of hydrogen-bond acceptors (Lipinski definition) is 5. The third-order valence-electron chi connectivity index (χ3n) is 4.85. The molecular weight excluding hydrogens is 338 g/mol. The summed E-state index contributed by atoms with van der Waals surface area (Å²) in [6, 6.07) is 4.21. The van der Waals surface area contributed by atoms with E-state index in [1.165, 1.54) is 6.33 Å². The average molecular weight is 354 g/mol. The van der Waals surface area contributed by atoms with Crippen molar-refractivity contribution in [3.8, 4) is 0 Å². The van der Waals surface area contributed by atoms with E-state index < -0.39 is 0 Å². The Labute approximate surface area is 148 Å².